The lowest BCUT2D eigenvalue weighted by molar-refractivity contribution is -0.148. The molecule has 0 N–H and O–H groups in total. The summed E-state index contributed by atoms with van der Waals surface area (Å²) in [5.74, 6) is 0. The van der Waals surface area contributed by atoms with Gasteiger partial charge in [-0.15, -0.1) is 0 Å². The summed E-state index contributed by atoms with van der Waals surface area (Å²) in [6, 6.07) is 2.43. The predicted molar refractivity (Wildman–Crippen MR) is 194 cm³/mol. The molecule has 1 aromatic carbocycles. The second kappa shape index (κ2) is 28.3. The zero-order valence-corrected chi connectivity index (χ0v) is 31.1. The van der Waals surface area contributed by atoms with Crippen LogP contribution in [0.4, 0.5) is 0 Å². The smallest absolute Gasteiger partial charge is 0.157 e. The van der Waals surface area contributed by atoms with Crippen molar-refractivity contribution in [2.75, 3.05) is 13.2 Å². The van der Waals surface area contributed by atoms with E-state index >= 15 is 0 Å². The molecule has 1 rings (SSSR count). The molecular weight excluding hydrogens is 599 g/mol. The average molecular weight is 668 g/mol. The Balaban J connectivity index is 2.23. The van der Waals surface area contributed by atoms with E-state index in [2.05, 4.69) is 68.3 Å². The van der Waals surface area contributed by atoms with Crippen molar-refractivity contribution in [2.45, 2.75) is 182 Å². The molecular formula is C38H68BrO2P. The molecule has 0 saturated heterocycles. The minimum atomic E-state index is 0.000172. The van der Waals surface area contributed by atoms with Crippen molar-refractivity contribution in [1.82, 2.24) is 0 Å². The SMILES string of the molecule is CCCCCCCCCOC(CCCCC/C=C/CCCc1cc(PBr)c(C)c(C)c1C)OCCCCCCCCC. The van der Waals surface area contributed by atoms with E-state index in [1.807, 2.05) is 0 Å². The van der Waals surface area contributed by atoms with Gasteiger partial charge in [0.05, 0.1) is 0 Å². The van der Waals surface area contributed by atoms with Gasteiger partial charge in [0.15, 0.2) is 6.29 Å². The van der Waals surface area contributed by atoms with Crippen LogP contribution in [0.3, 0.4) is 0 Å². The highest BCUT2D eigenvalue weighted by Crippen LogP contribution is 2.27. The molecule has 0 aliphatic rings. The van der Waals surface area contributed by atoms with Gasteiger partial charge in [0.2, 0.25) is 0 Å². The number of unbranched alkanes of at least 4 members (excludes halogenated alkanes) is 16. The normalized spacial score (nSPS) is 12.2. The average Bonchev–Trinajstić information content (AvgIpc) is 3.00. The quantitative estimate of drug-likeness (QED) is 0.0366. The van der Waals surface area contributed by atoms with Gasteiger partial charge in [-0.1, -0.05) is 131 Å². The van der Waals surface area contributed by atoms with Gasteiger partial charge in [-0.2, -0.15) is 0 Å². The second-order valence-corrected chi connectivity index (χ2v) is 14.4. The van der Waals surface area contributed by atoms with Gasteiger partial charge in [0.1, 0.15) is 0 Å². The fraction of sp³-hybridized carbons (Fsp3) is 0.789. The van der Waals surface area contributed by atoms with Crippen LogP contribution >= 0.6 is 22.8 Å². The minimum Gasteiger partial charge on any atom is -0.353 e. The summed E-state index contributed by atoms with van der Waals surface area (Å²) in [6.07, 6.45) is 33.0. The third kappa shape index (κ3) is 19.9. The van der Waals surface area contributed by atoms with Crippen molar-refractivity contribution in [3.63, 3.8) is 0 Å². The molecule has 1 unspecified atom stereocenters. The summed E-state index contributed by atoms with van der Waals surface area (Å²) < 4.78 is 12.5. The Bertz CT molecular complexity index is 774. The number of hydrogen-bond acceptors (Lipinski definition) is 2. The second-order valence-electron chi connectivity index (χ2n) is 12.5. The molecule has 2 nitrogen and oxygen atoms in total. The molecule has 0 aliphatic heterocycles. The maximum atomic E-state index is 6.24. The van der Waals surface area contributed by atoms with Gasteiger partial charge in [0.25, 0.3) is 0 Å². The van der Waals surface area contributed by atoms with Crippen molar-refractivity contribution in [2.24, 2.45) is 0 Å². The first-order valence-corrected chi connectivity index (χ1v) is 21.1. The fourth-order valence-corrected chi connectivity index (χ4v) is 7.42. The highest BCUT2D eigenvalue weighted by molar-refractivity contribution is 9.37. The molecule has 0 amide bonds. The van der Waals surface area contributed by atoms with Crippen molar-refractivity contribution in [1.29, 1.82) is 0 Å². The molecule has 0 fully saturated rings. The van der Waals surface area contributed by atoms with E-state index in [9.17, 15) is 0 Å². The molecule has 1 aromatic rings. The number of aryl methyl sites for hydroxylation is 1. The van der Waals surface area contributed by atoms with E-state index < -0.39 is 0 Å². The van der Waals surface area contributed by atoms with Crippen LogP contribution in [-0.4, -0.2) is 19.5 Å². The summed E-state index contributed by atoms with van der Waals surface area (Å²) in [4.78, 5) is 0. The van der Waals surface area contributed by atoms with Crippen LogP contribution < -0.4 is 5.30 Å². The molecule has 1 atom stereocenters. The first-order chi connectivity index (χ1) is 20.5. The van der Waals surface area contributed by atoms with Crippen LogP contribution in [0.1, 0.15) is 171 Å². The number of ether oxygens (including phenoxy) is 2. The predicted octanol–water partition coefficient (Wildman–Crippen LogP) is 12.9. The molecule has 0 radical (unpaired) electrons. The van der Waals surface area contributed by atoms with Gasteiger partial charge < -0.3 is 9.47 Å². The number of halogens is 1. The van der Waals surface area contributed by atoms with Gasteiger partial charge in [-0.05, 0) is 113 Å². The van der Waals surface area contributed by atoms with Gasteiger partial charge >= 0.3 is 0 Å². The number of benzene rings is 1. The summed E-state index contributed by atoms with van der Waals surface area (Å²) in [7, 11) is 0.701. The Labute approximate surface area is 272 Å². The van der Waals surface area contributed by atoms with E-state index in [4.69, 9.17) is 9.47 Å². The summed E-state index contributed by atoms with van der Waals surface area (Å²) in [5.41, 5.74) is 5.95. The zero-order valence-electron chi connectivity index (χ0n) is 28.5. The molecule has 0 spiro atoms. The number of hydrogen-bond donors (Lipinski definition) is 0. The first kappa shape index (κ1) is 39.8. The molecule has 0 aliphatic carbocycles. The van der Waals surface area contributed by atoms with E-state index in [-0.39, 0.29) is 6.29 Å². The van der Waals surface area contributed by atoms with Crippen LogP contribution in [0.2, 0.25) is 0 Å². The summed E-state index contributed by atoms with van der Waals surface area (Å²) >= 11 is 3.69. The van der Waals surface area contributed by atoms with E-state index in [0.717, 1.165) is 19.6 Å². The molecule has 0 saturated carbocycles. The topological polar surface area (TPSA) is 18.5 Å². The van der Waals surface area contributed by atoms with Gasteiger partial charge in [-0.25, -0.2) is 0 Å². The fourth-order valence-electron chi connectivity index (χ4n) is 5.63. The molecule has 4 heteroatoms. The molecule has 0 heterocycles. The van der Waals surface area contributed by atoms with Crippen LogP contribution in [0, 0.1) is 20.8 Å². The standard InChI is InChI=1S/C38H68BrO2P/c1-6-8-10-12-18-22-26-30-40-38(41-31-27-23-19-13-11-9-7-2)29-25-21-17-15-14-16-20-24-28-36-32-37(42-39)35(5)33(3)34(36)4/h14,16,32,38,42H,6-13,15,17-31H2,1-5H3/b16-14+. The van der Waals surface area contributed by atoms with E-state index in [1.54, 1.807) is 0 Å². The number of rotatable bonds is 29. The highest BCUT2D eigenvalue weighted by atomic mass is 79.9. The first-order valence-electron chi connectivity index (χ1n) is 17.9. The Morgan fingerprint density at radius 2 is 1.12 bits per heavy atom. The monoisotopic (exact) mass is 666 g/mol. The van der Waals surface area contributed by atoms with Crippen LogP contribution in [0.25, 0.3) is 0 Å². The van der Waals surface area contributed by atoms with Crippen molar-refractivity contribution < 1.29 is 9.47 Å². The minimum absolute atomic E-state index is 0.000172. The Morgan fingerprint density at radius 3 is 1.67 bits per heavy atom. The van der Waals surface area contributed by atoms with Crippen LogP contribution in [0.5, 0.6) is 0 Å². The van der Waals surface area contributed by atoms with Crippen LogP contribution in [0.15, 0.2) is 18.2 Å². The van der Waals surface area contributed by atoms with E-state index in [0.29, 0.717) is 7.28 Å². The third-order valence-electron chi connectivity index (χ3n) is 8.83. The lowest BCUT2D eigenvalue weighted by Crippen LogP contribution is -2.19. The third-order valence-corrected chi connectivity index (χ3v) is 10.8. The summed E-state index contributed by atoms with van der Waals surface area (Å²) in [6.45, 7) is 13.1. The largest absolute Gasteiger partial charge is 0.353 e. The molecule has 42 heavy (non-hydrogen) atoms. The van der Waals surface area contributed by atoms with Crippen LogP contribution in [-0.2, 0) is 15.9 Å². The molecule has 244 valence electrons. The Morgan fingerprint density at radius 1 is 0.619 bits per heavy atom. The van der Waals surface area contributed by atoms with Crippen molar-refractivity contribution >= 4 is 28.1 Å². The Kier molecular flexibility index (Phi) is 26.8. The van der Waals surface area contributed by atoms with Crippen molar-refractivity contribution in [3.8, 4) is 0 Å². The Hall–Kier alpha value is -0.210. The van der Waals surface area contributed by atoms with Crippen molar-refractivity contribution in [3.05, 3.63) is 40.5 Å². The lowest BCUT2D eigenvalue weighted by atomic mass is 9.95. The maximum absolute atomic E-state index is 6.24. The molecule has 0 bridgehead atoms. The zero-order chi connectivity index (χ0) is 30.7. The summed E-state index contributed by atoms with van der Waals surface area (Å²) in [5, 5.41) is 1.47. The maximum Gasteiger partial charge on any atom is 0.157 e. The molecule has 0 aromatic heterocycles. The lowest BCUT2D eigenvalue weighted by Gasteiger charge is -2.19. The van der Waals surface area contributed by atoms with E-state index in [1.165, 1.54) is 162 Å². The van der Waals surface area contributed by atoms with Gasteiger partial charge in [-0.3, -0.25) is 0 Å². The highest BCUT2D eigenvalue weighted by Gasteiger charge is 2.10. The number of allylic oxidation sites excluding steroid dienone is 2. The van der Waals surface area contributed by atoms with Gasteiger partial charge in [0, 0.05) is 13.2 Å².